The monoisotopic (exact) mass is 269 g/mol. The second-order valence-electron chi connectivity index (χ2n) is 3.94. The first-order valence-electron chi connectivity index (χ1n) is 6.07. The van der Waals surface area contributed by atoms with Crippen molar-refractivity contribution in [1.29, 1.82) is 0 Å². The van der Waals surface area contributed by atoms with Gasteiger partial charge in [0.25, 0.3) is 5.91 Å². The number of rotatable bonds is 8. The van der Waals surface area contributed by atoms with Gasteiger partial charge in [-0.2, -0.15) is 0 Å². The second kappa shape index (κ2) is 8.31. The Morgan fingerprint density at radius 3 is 2.68 bits per heavy atom. The number of amides is 1. The molecule has 19 heavy (non-hydrogen) atoms. The summed E-state index contributed by atoms with van der Waals surface area (Å²) >= 11 is 0. The molecule has 1 aromatic rings. The number of ether oxygens (including phenoxy) is 2. The first-order chi connectivity index (χ1) is 9.19. The van der Waals surface area contributed by atoms with Gasteiger partial charge in [-0.05, 0) is 18.6 Å². The van der Waals surface area contributed by atoms with Crippen LogP contribution in [0.15, 0.2) is 22.8 Å². The minimum Gasteiger partial charge on any atom is -0.469 e. The maximum Gasteiger partial charge on any atom is 0.307 e. The fourth-order valence-corrected chi connectivity index (χ4v) is 1.60. The number of esters is 1. The minimum atomic E-state index is -0.344. The summed E-state index contributed by atoms with van der Waals surface area (Å²) in [7, 11) is 2.93. The van der Waals surface area contributed by atoms with Crippen LogP contribution in [-0.4, -0.2) is 50.7 Å². The van der Waals surface area contributed by atoms with E-state index in [0.29, 0.717) is 26.1 Å². The fraction of sp³-hybridized carbons (Fsp3) is 0.538. The molecule has 0 saturated heterocycles. The van der Waals surface area contributed by atoms with E-state index >= 15 is 0 Å². The maximum atomic E-state index is 12.1. The van der Waals surface area contributed by atoms with Crippen molar-refractivity contribution in [2.45, 2.75) is 12.8 Å². The van der Waals surface area contributed by atoms with Crippen LogP contribution in [0.3, 0.4) is 0 Å². The van der Waals surface area contributed by atoms with E-state index in [4.69, 9.17) is 9.15 Å². The van der Waals surface area contributed by atoms with Crippen LogP contribution in [0.5, 0.6) is 0 Å². The molecule has 6 nitrogen and oxygen atoms in total. The van der Waals surface area contributed by atoms with Gasteiger partial charge in [0.2, 0.25) is 0 Å². The number of hydrogen-bond donors (Lipinski definition) is 0. The zero-order valence-electron chi connectivity index (χ0n) is 11.3. The van der Waals surface area contributed by atoms with Crippen LogP contribution in [0.25, 0.3) is 0 Å². The highest BCUT2D eigenvalue weighted by Gasteiger charge is 2.18. The van der Waals surface area contributed by atoms with E-state index in [9.17, 15) is 9.59 Å². The van der Waals surface area contributed by atoms with Gasteiger partial charge in [0.05, 0.1) is 19.8 Å². The van der Waals surface area contributed by atoms with Gasteiger partial charge in [-0.15, -0.1) is 0 Å². The van der Waals surface area contributed by atoms with Crippen molar-refractivity contribution in [3.05, 3.63) is 24.2 Å². The Kier molecular flexibility index (Phi) is 6.67. The van der Waals surface area contributed by atoms with Gasteiger partial charge in [-0.1, -0.05) is 0 Å². The van der Waals surface area contributed by atoms with Crippen molar-refractivity contribution in [2.24, 2.45) is 0 Å². The number of furan rings is 1. The number of nitrogens with zero attached hydrogens (tertiary/aromatic N) is 1. The third-order valence-corrected chi connectivity index (χ3v) is 2.61. The highest BCUT2D eigenvalue weighted by atomic mass is 16.5. The van der Waals surface area contributed by atoms with Crippen molar-refractivity contribution >= 4 is 11.9 Å². The van der Waals surface area contributed by atoms with Crippen LogP contribution in [0, 0.1) is 0 Å². The zero-order chi connectivity index (χ0) is 14.1. The average Bonchev–Trinajstić information content (AvgIpc) is 2.95. The second-order valence-corrected chi connectivity index (χ2v) is 3.94. The number of carbonyl (C=O) groups excluding carboxylic acids is 2. The Hall–Kier alpha value is -1.82. The smallest absolute Gasteiger partial charge is 0.307 e. The molecule has 0 fully saturated rings. The van der Waals surface area contributed by atoms with Crippen LogP contribution in [0.1, 0.15) is 23.4 Å². The van der Waals surface area contributed by atoms with E-state index in [0.717, 1.165) is 0 Å². The van der Waals surface area contributed by atoms with Gasteiger partial charge >= 0.3 is 5.97 Å². The highest BCUT2D eigenvalue weighted by Crippen LogP contribution is 2.07. The molecule has 0 bridgehead atoms. The van der Waals surface area contributed by atoms with E-state index in [1.54, 1.807) is 24.1 Å². The largest absolute Gasteiger partial charge is 0.469 e. The molecule has 0 radical (unpaired) electrons. The summed E-state index contributed by atoms with van der Waals surface area (Å²) in [6.45, 7) is 1.36. The first-order valence-corrected chi connectivity index (χ1v) is 6.07. The fourth-order valence-electron chi connectivity index (χ4n) is 1.60. The van der Waals surface area contributed by atoms with Gasteiger partial charge in [0, 0.05) is 26.8 Å². The predicted molar refractivity (Wildman–Crippen MR) is 67.7 cm³/mol. The standard InChI is InChI=1S/C13H19NO5/c1-17-9-4-7-14(8-6-12(15)18-2)13(16)11-5-3-10-19-11/h3,5,10H,4,6-9H2,1-2H3. The molecule has 0 aliphatic heterocycles. The Morgan fingerprint density at radius 1 is 1.32 bits per heavy atom. The van der Waals surface area contributed by atoms with E-state index in [2.05, 4.69) is 4.74 Å². The molecule has 0 aromatic carbocycles. The summed E-state index contributed by atoms with van der Waals surface area (Å²) in [5, 5.41) is 0. The quantitative estimate of drug-likeness (QED) is 0.526. The van der Waals surface area contributed by atoms with Gasteiger partial charge in [0.15, 0.2) is 5.76 Å². The molecule has 0 unspecified atom stereocenters. The Labute approximate surface area is 112 Å². The van der Waals surface area contributed by atoms with Crippen molar-refractivity contribution < 1.29 is 23.5 Å². The molecule has 6 heteroatoms. The molecule has 1 aromatic heterocycles. The molecule has 0 atom stereocenters. The third-order valence-electron chi connectivity index (χ3n) is 2.61. The van der Waals surface area contributed by atoms with E-state index < -0.39 is 0 Å². The molecule has 0 saturated carbocycles. The first kappa shape index (κ1) is 15.2. The molecule has 0 aliphatic carbocycles. The van der Waals surface area contributed by atoms with Crippen molar-refractivity contribution in [1.82, 2.24) is 4.90 Å². The van der Waals surface area contributed by atoms with Gasteiger partial charge in [0.1, 0.15) is 0 Å². The normalized spacial score (nSPS) is 10.2. The lowest BCUT2D eigenvalue weighted by Gasteiger charge is -2.20. The number of carbonyl (C=O) groups is 2. The molecular weight excluding hydrogens is 250 g/mol. The van der Waals surface area contributed by atoms with Crippen LogP contribution < -0.4 is 0 Å². The van der Waals surface area contributed by atoms with Crippen LogP contribution in [0.2, 0.25) is 0 Å². The summed E-state index contributed by atoms with van der Waals surface area (Å²) in [4.78, 5) is 24.9. The Bertz CT molecular complexity index is 388. The summed E-state index contributed by atoms with van der Waals surface area (Å²) in [6.07, 6.45) is 2.31. The van der Waals surface area contributed by atoms with Crippen LogP contribution >= 0.6 is 0 Å². The zero-order valence-corrected chi connectivity index (χ0v) is 11.3. The predicted octanol–water partition coefficient (Wildman–Crippen LogP) is 1.32. The SMILES string of the molecule is COCCCN(CCC(=O)OC)C(=O)c1ccco1. The van der Waals surface area contributed by atoms with E-state index in [1.807, 2.05) is 0 Å². The van der Waals surface area contributed by atoms with Gasteiger partial charge < -0.3 is 18.8 Å². The Morgan fingerprint density at radius 2 is 2.11 bits per heavy atom. The molecule has 0 aliphatic rings. The summed E-state index contributed by atoms with van der Waals surface area (Å²) in [6, 6.07) is 3.25. The van der Waals surface area contributed by atoms with Crippen molar-refractivity contribution in [3.8, 4) is 0 Å². The van der Waals surface area contributed by atoms with Crippen LogP contribution in [0.4, 0.5) is 0 Å². The number of methoxy groups -OCH3 is 2. The topological polar surface area (TPSA) is 69.0 Å². The van der Waals surface area contributed by atoms with E-state index in [-0.39, 0.29) is 24.1 Å². The number of hydrogen-bond acceptors (Lipinski definition) is 5. The molecule has 106 valence electrons. The molecule has 1 amide bonds. The summed E-state index contributed by atoms with van der Waals surface area (Å²) in [5.41, 5.74) is 0. The third kappa shape index (κ3) is 5.13. The lowest BCUT2D eigenvalue weighted by atomic mass is 10.3. The summed E-state index contributed by atoms with van der Waals surface area (Å²) in [5.74, 6) is -0.309. The van der Waals surface area contributed by atoms with E-state index in [1.165, 1.54) is 13.4 Å². The molecule has 1 heterocycles. The summed E-state index contributed by atoms with van der Waals surface area (Å²) < 4.78 is 14.6. The van der Waals surface area contributed by atoms with Gasteiger partial charge in [-0.25, -0.2) is 0 Å². The molecular formula is C13H19NO5. The maximum absolute atomic E-state index is 12.1. The lowest BCUT2D eigenvalue weighted by Crippen LogP contribution is -2.34. The lowest BCUT2D eigenvalue weighted by molar-refractivity contribution is -0.140. The minimum absolute atomic E-state index is 0.163. The molecule has 1 rings (SSSR count). The van der Waals surface area contributed by atoms with Gasteiger partial charge in [-0.3, -0.25) is 9.59 Å². The van der Waals surface area contributed by atoms with Crippen LogP contribution in [-0.2, 0) is 14.3 Å². The Balaban J connectivity index is 2.57. The average molecular weight is 269 g/mol. The molecule has 0 N–H and O–H groups in total. The van der Waals surface area contributed by atoms with Crippen molar-refractivity contribution in [2.75, 3.05) is 33.9 Å². The highest BCUT2D eigenvalue weighted by molar-refractivity contribution is 5.91. The van der Waals surface area contributed by atoms with Crippen molar-refractivity contribution in [3.63, 3.8) is 0 Å². The molecule has 0 spiro atoms.